The fourth-order valence-electron chi connectivity index (χ4n) is 1.42. The number of amides is 2. The van der Waals surface area contributed by atoms with E-state index < -0.39 is 11.8 Å². The van der Waals surface area contributed by atoms with E-state index in [9.17, 15) is 9.59 Å². The minimum absolute atomic E-state index is 0.231. The van der Waals surface area contributed by atoms with Gasteiger partial charge in [-0.3, -0.25) is 14.4 Å². The molecule has 1 aromatic carbocycles. The highest BCUT2D eigenvalue weighted by atomic mass is 32.1. The van der Waals surface area contributed by atoms with Gasteiger partial charge in [0, 0.05) is 5.75 Å². The highest BCUT2D eigenvalue weighted by molar-refractivity contribution is 7.80. The molecule has 5 heteroatoms. The predicted molar refractivity (Wildman–Crippen MR) is 56.7 cm³/mol. The van der Waals surface area contributed by atoms with Gasteiger partial charge in [-0.2, -0.15) is 12.6 Å². The summed E-state index contributed by atoms with van der Waals surface area (Å²) >= 11 is 3.94. The van der Waals surface area contributed by atoms with Gasteiger partial charge in [0.1, 0.15) is 0 Å². The maximum absolute atomic E-state index is 11.7. The predicted octanol–water partition coefficient (Wildman–Crippen LogP) is 1.14. The van der Waals surface area contributed by atoms with E-state index in [0.29, 0.717) is 16.9 Å². The normalized spacial score (nSPS) is 14.6. The van der Waals surface area contributed by atoms with Crippen LogP contribution in [0.5, 0.6) is 0 Å². The van der Waals surface area contributed by atoms with E-state index in [1.54, 1.807) is 24.3 Å². The zero-order valence-corrected chi connectivity index (χ0v) is 8.74. The Hall–Kier alpha value is -1.33. The van der Waals surface area contributed by atoms with Crippen molar-refractivity contribution in [2.45, 2.75) is 0 Å². The molecule has 0 N–H and O–H groups in total. The molecule has 0 spiro atoms. The van der Waals surface area contributed by atoms with Crippen molar-refractivity contribution in [2.24, 2.45) is 0 Å². The topological polar surface area (TPSA) is 46.6 Å². The summed E-state index contributed by atoms with van der Waals surface area (Å²) in [7, 11) is 0. The lowest BCUT2D eigenvalue weighted by molar-refractivity contribution is -0.0852. The summed E-state index contributed by atoms with van der Waals surface area (Å²) < 4.78 is 0. The van der Waals surface area contributed by atoms with Gasteiger partial charge in [-0.15, -0.1) is 5.06 Å². The number of carbonyl (C=O) groups is 2. The zero-order chi connectivity index (χ0) is 10.8. The fourth-order valence-corrected chi connectivity index (χ4v) is 1.50. The Bertz CT molecular complexity index is 384. The molecule has 0 aliphatic carbocycles. The van der Waals surface area contributed by atoms with Crippen molar-refractivity contribution in [3.05, 3.63) is 35.4 Å². The number of carbonyl (C=O) groups excluding carboxylic acids is 2. The Balaban J connectivity index is 2.29. The van der Waals surface area contributed by atoms with Gasteiger partial charge < -0.3 is 0 Å². The molecule has 0 saturated carbocycles. The Morgan fingerprint density at radius 2 is 1.67 bits per heavy atom. The number of fused-ring (bicyclic) bond motifs is 1. The average molecular weight is 223 g/mol. The van der Waals surface area contributed by atoms with E-state index in [4.69, 9.17) is 4.84 Å². The van der Waals surface area contributed by atoms with Gasteiger partial charge in [-0.05, 0) is 12.1 Å². The third kappa shape index (κ3) is 1.64. The van der Waals surface area contributed by atoms with Crippen LogP contribution in [0, 0.1) is 0 Å². The second-order valence-corrected chi connectivity index (χ2v) is 3.45. The summed E-state index contributed by atoms with van der Waals surface area (Å²) in [6, 6.07) is 6.65. The summed E-state index contributed by atoms with van der Waals surface area (Å²) in [6.45, 7) is 0.231. The third-order valence-electron chi connectivity index (χ3n) is 2.07. The molecule has 0 unspecified atom stereocenters. The largest absolute Gasteiger partial charge is 0.285 e. The molecule has 0 aromatic heterocycles. The van der Waals surface area contributed by atoms with Crippen molar-refractivity contribution >= 4 is 24.4 Å². The summed E-state index contributed by atoms with van der Waals surface area (Å²) in [6.07, 6.45) is 0. The highest BCUT2D eigenvalue weighted by Gasteiger charge is 2.36. The number of hydrogen-bond acceptors (Lipinski definition) is 4. The van der Waals surface area contributed by atoms with Crippen molar-refractivity contribution in [1.82, 2.24) is 5.06 Å². The number of thiol groups is 1. The number of nitrogens with zero attached hydrogens (tertiary/aromatic N) is 1. The van der Waals surface area contributed by atoms with Gasteiger partial charge in [0.05, 0.1) is 17.7 Å². The van der Waals surface area contributed by atoms with Gasteiger partial charge >= 0.3 is 0 Å². The molecule has 1 aromatic rings. The summed E-state index contributed by atoms with van der Waals surface area (Å²) in [5, 5.41) is 0.793. The highest BCUT2D eigenvalue weighted by Crippen LogP contribution is 2.22. The van der Waals surface area contributed by atoms with E-state index >= 15 is 0 Å². The Morgan fingerprint density at radius 3 is 2.13 bits per heavy atom. The lowest BCUT2D eigenvalue weighted by atomic mass is 10.1. The monoisotopic (exact) mass is 223 g/mol. The molecule has 0 bridgehead atoms. The van der Waals surface area contributed by atoms with Gasteiger partial charge in [0.15, 0.2) is 0 Å². The van der Waals surface area contributed by atoms with Gasteiger partial charge in [0.2, 0.25) is 0 Å². The van der Waals surface area contributed by atoms with Crippen molar-refractivity contribution in [2.75, 3.05) is 12.4 Å². The first kappa shape index (κ1) is 10.2. The average Bonchev–Trinajstić information content (AvgIpc) is 2.51. The van der Waals surface area contributed by atoms with Crippen molar-refractivity contribution in [1.29, 1.82) is 0 Å². The van der Waals surface area contributed by atoms with Crippen LogP contribution in [0.3, 0.4) is 0 Å². The zero-order valence-electron chi connectivity index (χ0n) is 7.84. The number of hydrogen-bond donors (Lipinski definition) is 1. The molecule has 2 rings (SSSR count). The number of benzene rings is 1. The second-order valence-electron chi connectivity index (χ2n) is 3.01. The molecule has 1 aliphatic heterocycles. The van der Waals surface area contributed by atoms with Crippen molar-refractivity contribution in [3.63, 3.8) is 0 Å². The van der Waals surface area contributed by atoms with E-state index in [0.717, 1.165) is 5.06 Å². The van der Waals surface area contributed by atoms with Crippen LogP contribution in [-0.4, -0.2) is 29.2 Å². The van der Waals surface area contributed by atoms with Crippen LogP contribution in [0.1, 0.15) is 20.7 Å². The molecule has 4 nitrogen and oxygen atoms in total. The Labute approximate surface area is 92.2 Å². The first-order chi connectivity index (χ1) is 7.25. The van der Waals surface area contributed by atoms with E-state index in [-0.39, 0.29) is 6.61 Å². The maximum atomic E-state index is 11.7. The number of rotatable bonds is 3. The lowest BCUT2D eigenvalue weighted by Gasteiger charge is -2.11. The van der Waals surface area contributed by atoms with Gasteiger partial charge in [0.25, 0.3) is 11.8 Å². The van der Waals surface area contributed by atoms with Gasteiger partial charge in [-0.25, -0.2) is 0 Å². The minimum Gasteiger partial charge on any atom is -0.266 e. The molecular weight excluding hydrogens is 214 g/mol. The molecule has 1 aliphatic rings. The minimum atomic E-state index is -0.405. The summed E-state index contributed by atoms with van der Waals surface area (Å²) in [5.74, 6) is -0.359. The quantitative estimate of drug-likeness (QED) is 0.617. The number of imide groups is 1. The van der Waals surface area contributed by atoms with Gasteiger partial charge in [-0.1, -0.05) is 12.1 Å². The molecule has 1 heterocycles. The number of hydroxylamine groups is 2. The van der Waals surface area contributed by atoms with Crippen LogP contribution in [0.15, 0.2) is 24.3 Å². The summed E-state index contributed by atoms with van der Waals surface area (Å²) in [4.78, 5) is 28.4. The van der Waals surface area contributed by atoms with E-state index in [1.165, 1.54) is 0 Å². The fraction of sp³-hybridized carbons (Fsp3) is 0.200. The van der Waals surface area contributed by atoms with Crippen LogP contribution < -0.4 is 0 Å². The smallest absolute Gasteiger partial charge is 0.266 e. The van der Waals surface area contributed by atoms with Crippen LogP contribution in [0.4, 0.5) is 0 Å². The molecule has 15 heavy (non-hydrogen) atoms. The maximum Gasteiger partial charge on any atom is 0.285 e. The molecule has 0 atom stereocenters. The SMILES string of the molecule is O=C1c2ccccc2C(=O)N1OCCS. The Kier molecular flexibility index (Phi) is 2.75. The van der Waals surface area contributed by atoms with Crippen LogP contribution in [0.2, 0.25) is 0 Å². The van der Waals surface area contributed by atoms with Crippen molar-refractivity contribution in [3.8, 4) is 0 Å². The molecule has 78 valence electrons. The standard InChI is InChI=1S/C10H9NO3S/c12-9-7-3-1-2-4-8(7)10(13)11(9)14-5-6-15/h1-4,15H,5-6H2. The molecular formula is C10H9NO3S. The first-order valence-corrected chi connectivity index (χ1v) is 5.10. The van der Waals surface area contributed by atoms with Crippen LogP contribution in [0.25, 0.3) is 0 Å². The molecule has 2 amide bonds. The molecule has 0 fully saturated rings. The van der Waals surface area contributed by atoms with Crippen LogP contribution >= 0.6 is 12.6 Å². The molecule has 0 radical (unpaired) electrons. The lowest BCUT2D eigenvalue weighted by Crippen LogP contribution is -2.30. The second kappa shape index (κ2) is 4.04. The summed E-state index contributed by atoms with van der Waals surface area (Å²) in [5.41, 5.74) is 0.781. The van der Waals surface area contributed by atoms with Crippen molar-refractivity contribution < 1.29 is 14.4 Å². The van der Waals surface area contributed by atoms with E-state index in [2.05, 4.69) is 12.6 Å². The first-order valence-electron chi connectivity index (χ1n) is 4.47. The molecule has 0 saturated heterocycles. The Morgan fingerprint density at radius 1 is 1.13 bits per heavy atom. The third-order valence-corrected chi connectivity index (χ3v) is 2.25. The van der Waals surface area contributed by atoms with E-state index in [1.807, 2.05) is 0 Å². The van der Waals surface area contributed by atoms with Crippen LogP contribution in [-0.2, 0) is 4.84 Å².